The molecule has 19 heavy (non-hydrogen) atoms. The molecule has 0 bridgehead atoms. The smallest absolute Gasteiger partial charge is 0.267 e. The van der Waals surface area contributed by atoms with Gasteiger partial charge in [0.05, 0.1) is 17.1 Å². The molecule has 0 aliphatic rings. The number of anilines is 1. The molecule has 0 atom stereocenters. The van der Waals surface area contributed by atoms with Crippen LogP contribution in [0.4, 0.5) is 5.69 Å². The summed E-state index contributed by atoms with van der Waals surface area (Å²) in [5, 5.41) is 7.94. The largest absolute Gasteiger partial charge is 0.268 e. The Morgan fingerprint density at radius 1 is 1.42 bits per heavy atom. The Balaban J connectivity index is 2.54. The zero-order chi connectivity index (χ0) is 14.2. The maximum atomic E-state index is 12.7. The van der Waals surface area contributed by atoms with E-state index in [1.165, 1.54) is 15.6 Å². The normalized spacial score (nSPS) is 11.8. The first-order chi connectivity index (χ1) is 8.89. The first kappa shape index (κ1) is 14.1. The average molecular weight is 299 g/mol. The zero-order valence-corrected chi connectivity index (χ0v) is 13.0. The van der Waals surface area contributed by atoms with Gasteiger partial charge in [0.2, 0.25) is 0 Å². The molecule has 0 unspecified atom stereocenters. The van der Waals surface area contributed by atoms with Gasteiger partial charge >= 0.3 is 0 Å². The molecule has 0 saturated heterocycles. The Morgan fingerprint density at radius 3 is 2.58 bits per heavy atom. The van der Waals surface area contributed by atoms with Gasteiger partial charge in [-0.3, -0.25) is 8.99 Å². The van der Waals surface area contributed by atoms with Gasteiger partial charge in [0, 0.05) is 19.0 Å². The summed E-state index contributed by atoms with van der Waals surface area (Å²) in [6.45, 7) is 6.12. The van der Waals surface area contributed by atoms with E-state index in [1.807, 2.05) is 17.7 Å². The van der Waals surface area contributed by atoms with Gasteiger partial charge in [-0.05, 0) is 32.2 Å². The van der Waals surface area contributed by atoms with E-state index in [0.717, 1.165) is 0 Å². The molecule has 0 aromatic carbocycles. The summed E-state index contributed by atoms with van der Waals surface area (Å²) in [5.74, 6) is 0. The molecule has 0 radical (unpaired) electrons. The van der Waals surface area contributed by atoms with Gasteiger partial charge in [-0.15, -0.1) is 0 Å². The van der Waals surface area contributed by atoms with Crippen molar-refractivity contribution in [3.05, 3.63) is 28.2 Å². The van der Waals surface area contributed by atoms with E-state index in [2.05, 4.69) is 5.10 Å². The standard InChI is InChI=1S/C12H17N3O2S2/c1-5-15-10(3)12(9(2)13-15)19(16,17)14(4)11-6-7-18-8-11/h6-8H,5H2,1-4H3. The van der Waals surface area contributed by atoms with Crippen LogP contribution in [0, 0.1) is 13.8 Å². The average Bonchev–Trinajstić information content (AvgIpc) is 2.96. The Morgan fingerprint density at radius 2 is 2.11 bits per heavy atom. The van der Waals surface area contributed by atoms with E-state index >= 15 is 0 Å². The van der Waals surface area contributed by atoms with Crippen molar-refractivity contribution < 1.29 is 8.42 Å². The van der Waals surface area contributed by atoms with Crippen LogP contribution in [0.1, 0.15) is 18.3 Å². The van der Waals surface area contributed by atoms with Crippen LogP contribution in [-0.4, -0.2) is 25.2 Å². The molecule has 104 valence electrons. The molecule has 0 amide bonds. The lowest BCUT2D eigenvalue weighted by atomic mass is 10.4. The van der Waals surface area contributed by atoms with E-state index in [9.17, 15) is 8.42 Å². The van der Waals surface area contributed by atoms with Crippen molar-refractivity contribution in [2.45, 2.75) is 32.2 Å². The summed E-state index contributed by atoms with van der Waals surface area (Å²) in [6, 6.07) is 1.79. The predicted molar refractivity (Wildman–Crippen MR) is 77.3 cm³/mol. The summed E-state index contributed by atoms with van der Waals surface area (Å²) in [5.41, 5.74) is 1.90. The number of hydrogen-bond donors (Lipinski definition) is 0. The first-order valence-electron chi connectivity index (χ1n) is 5.94. The van der Waals surface area contributed by atoms with Gasteiger partial charge < -0.3 is 0 Å². The summed E-state index contributed by atoms with van der Waals surface area (Å²) < 4.78 is 28.4. The Hall–Kier alpha value is -1.34. The highest BCUT2D eigenvalue weighted by Crippen LogP contribution is 2.27. The van der Waals surface area contributed by atoms with Crippen molar-refractivity contribution in [3.63, 3.8) is 0 Å². The maximum absolute atomic E-state index is 12.7. The summed E-state index contributed by atoms with van der Waals surface area (Å²) in [4.78, 5) is 0.308. The molecule has 0 fully saturated rings. The summed E-state index contributed by atoms with van der Waals surface area (Å²) in [6.07, 6.45) is 0. The lowest BCUT2D eigenvalue weighted by Crippen LogP contribution is -2.27. The second-order valence-electron chi connectivity index (χ2n) is 4.27. The topological polar surface area (TPSA) is 55.2 Å². The second-order valence-corrected chi connectivity index (χ2v) is 6.96. The third kappa shape index (κ3) is 2.28. The predicted octanol–water partition coefficient (Wildman–Crippen LogP) is 2.41. The fourth-order valence-electron chi connectivity index (χ4n) is 2.07. The minimum Gasteiger partial charge on any atom is -0.268 e. The van der Waals surface area contributed by atoms with E-state index in [0.29, 0.717) is 28.5 Å². The number of rotatable bonds is 4. The van der Waals surface area contributed by atoms with Gasteiger partial charge in [-0.1, -0.05) is 0 Å². The SMILES string of the molecule is CCn1nc(C)c(S(=O)(=O)N(C)c2ccsc2)c1C. The number of thiophene rings is 1. The van der Waals surface area contributed by atoms with Crippen LogP contribution in [0.2, 0.25) is 0 Å². The van der Waals surface area contributed by atoms with Crippen molar-refractivity contribution >= 4 is 27.0 Å². The number of nitrogens with zero attached hydrogens (tertiary/aromatic N) is 3. The van der Waals surface area contributed by atoms with Crippen LogP contribution >= 0.6 is 11.3 Å². The Kier molecular flexibility index (Phi) is 3.69. The molecule has 2 heterocycles. The molecule has 2 aromatic heterocycles. The van der Waals surface area contributed by atoms with Crippen molar-refractivity contribution in [2.24, 2.45) is 0 Å². The van der Waals surface area contributed by atoms with Gasteiger partial charge in [0.15, 0.2) is 0 Å². The van der Waals surface area contributed by atoms with E-state index < -0.39 is 10.0 Å². The molecule has 2 rings (SSSR count). The van der Waals surface area contributed by atoms with E-state index in [-0.39, 0.29) is 0 Å². The van der Waals surface area contributed by atoms with E-state index in [4.69, 9.17) is 0 Å². The molecule has 0 spiro atoms. The second kappa shape index (κ2) is 4.97. The van der Waals surface area contributed by atoms with Gasteiger partial charge in [0.25, 0.3) is 10.0 Å². The van der Waals surface area contributed by atoms with Gasteiger partial charge in [-0.2, -0.15) is 16.4 Å². The number of hydrogen-bond acceptors (Lipinski definition) is 4. The number of sulfonamides is 1. The molecular formula is C12H17N3O2S2. The molecule has 0 aliphatic carbocycles. The monoisotopic (exact) mass is 299 g/mol. The molecule has 0 saturated carbocycles. The van der Waals surface area contributed by atoms with Crippen LogP contribution < -0.4 is 4.31 Å². The lowest BCUT2D eigenvalue weighted by molar-refractivity contribution is 0.591. The van der Waals surface area contributed by atoms with Gasteiger partial charge in [0.1, 0.15) is 4.90 Å². The number of aromatic nitrogens is 2. The van der Waals surface area contributed by atoms with Crippen molar-refractivity contribution in [3.8, 4) is 0 Å². The van der Waals surface area contributed by atoms with Crippen molar-refractivity contribution in [2.75, 3.05) is 11.4 Å². The minimum atomic E-state index is -3.56. The molecule has 5 nitrogen and oxygen atoms in total. The van der Waals surface area contributed by atoms with Crippen molar-refractivity contribution in [1.82, 2.24) is 9.78 Å². The quantitative estimate of drug-likeness (QED) is 0.871. The number of aryl methyl sites for hydroxylation is 2. The van der Waals surface area contributed by atoms with Crippen LogP contribution in [-0.2, 0) is 16.6 Å². The first-order valence-corrected chi connectivity index (χ1v) is 8.33. The van der Waals surface area contributed by atoms with Crippen molar-refractivity contribution in [1.29, 1.82) is 0 Å². The molecular weight excluding hydrogens is 282 g/mol. The molecule has 0 N–H and O–H groups in total. The molecule has 0 aliphatic heterocycles. The highest BCUT2D eigenvalue weighted by molar-refractivity contribution is 7.92. The fraction of sp³-hybridized carbons (Fsp3) is 0.417. The highest BCUT2D eigenvalue weighted by atomic mass is 32.2. The maximum Gasteiger partial charge on any atom is 0.267 e. The zero-order valence-electron chi connectivity index (χ0n) is 11.4. The highest BCUT2D eigenvalue weighted by Gasteiger charge is 2.28. The summed E-state index contributed by atoms with van der Waals surface area (Å²) >= 11 is 1.47. The van der Waals surface area contributed by atoms with Crippen LogP contribution in [0.5, 0.6) is 0 Å². The molecule has 2 aromatic rings. The summed E-state index contributed by atoms with van der Waals surface area (Å²) in [7, 11) is -1.99. The molecule has 7 heteroatoms. The van der Waals surface area contributed by atoms with Crippen LogP contribution in [0.15, 0.2) is 21.7 Å². The Labute approximate surface area is 117 Å². The third-order valence-electron chi connectivity index (χ3n) is 3.10. The third-order valence-corrected chi connectivity index (χ3v) is 5.81. The van der Waals surface area contributed by atoms with E-state index in [1.54, 1.807) is 31.6 Å². The van der Waals surface area contributed by atoms with Gasteiger partial charge in [-0.25, -0.2) is 8.42 Å². The fourth-order valence-corrected chi connectivity index (χ4v) is 4.37. The van der Waals surface area contributed by atoms with Crippen LogP contribution in [0.25, 0.3) is 0 Å². The lowest BCUT2D eigenvalue weighted by Gasteiger charge is -2.18. The van der Waals surface area contributed by atoms with Crippen LogP contribution in [0.3, 0.4) is 0 Å². The minimum absolute atomic E-state index is 0.308. The Bertz CT molecular complexity index is 672.